The van der Waals surface area contributed by atoms with Crippen LogP contribution in [-0.2, 0) is 6.42 Å². The van der Waals surface area contributed by atoms with Crippen LogP contribution in [0.1, 0.15) is 55.9 Å². The predicted molar refractivity (Wildman–Crippen MR) is 140 cm³/mol. The van der Waals surface area contributed by atoms with Crippen LogP contribution in [0.3, 0.4) is 0 Å². The average Bonchev–Trinajstić information content (AvgIpc) is 3.30. The van der Waals surface area contributed by atoms with Crippen LogP contribution in [0.4, 0.5) is 0 Å². The highest BCUT2D eigenvalue weighted by Gasteiger charge is 2.33. The van der Waals surface area contributed by atoms with Crippen molar-refractivity contribution in [2.75, 3.05) is 26.2 Å². The molecule has 3 aromatic carbocycles. The normalized spacial score (nSPS) is 21.4. The zero-order chi connectivity index (χ0) is 24.8. The molecule has 3 atom stereocenters. The molecule has 2 aliphatic heterocycles. The highest BCUT2D eigenvalue weighted by Crippen LogP contribution is 2.45. The van der Waals surface area contributed by atoms with E-state index in [9.17, 15) is 10.2 Å². The fourth-order valence-corrected chi connectivity index (χ4v) is 4.99. The van der Waals surface area contributed by atoms with Crippen LogP contribution >= 0.6 is 0 Å². The molecule has 0 amide bonds. The van der Waals surface area contributed by atoms with Gasteiger partial charge in [-0.25, -0.2) is 0 Å². The summed E-state index contributed by atoms with van der Waals surface area (Å²) >= 11 is 0. The van der Waals surface area contributed by atoms with Gasteiger partial charge in [-0.1, -0.05) is 45.0 Å². The van der Waals surface area contributed by atoms with Crippen LogP contribution in [-0.4, -0.2) is 41.4 Å². The van der Waals surface area contributed by atoms with Crippen LogP contribution in [0.5, 0.6) is 23.0 Å². The molecule has 0 bridgehead atoms. The van der Waals surface area contributed by atoms with Crippen LogP contribution < -0.4 is 9.47 Å². The number of phenols is 2. The highest BCUT2D eigenvalue weighted by molar-refractivity contribution is 5.45. The second-order valence-corrected chi connectivity index (χ2v) is 9.34. The van der Waals surface area contributed by atoms with E-state index in [2.05, 4.69) is 24.0 Å². The number of likely N-dealkylation sites (tertiary alicyclic amines) is 1. The molecule has 0 aliphatic carbocycles. The molecule has 35 heavy (non-hydrogen) atoms. The number of hydrogen-bond acceptors (Lipinski definition) is 5. The minimum atomic E-state index is -0.174. The van der Waals surface area contributed by atoms with E-state index in [4.69, 9.17) is 9.47 Å². The van der Waals surface area contributed by atoms with E-state index in [1.807, 2.05) is 44.2 Å². The summed E-state index contributed by atoms with van der Waals surface area (Å²) in [5, 5.41) is 19.7. The van der Waals surface area contributed by atoms with Gasteiger partial charge >= 0.3 is 0 Å². The molecule has 0 aromatic heterocycles. The molecule has 186 valence electrons. The predicted octanol–water partition coefficient (Wildman–Crippen LogP) is 6.30. The largest absolute Gasteiger partial charge is 0.508 e. The lowest BCUT2D eigenvalue weighted by molar-refractivity contribution is 0.151. The number of phenolic OH excluding ortho intramolecular Hbond substituents is 2. The monoisotopic (exact) mass is 475 g/mol. The lowest BCUT2D eigenvalue weighted by Crippen LogP contribution is -2.26. The molecule has 1 saturated heterocycles. The summed E-state index contributed by atoms with van der Waals surface area (Å²) < 4.78 is 12.4. The fraction of sp³-hybridized carbons (Fsp3) is 0.400. The lowest BCUT2D eigenvalue weighted by atomic mass is 9.82. The minimum Gasteiger partial charge on any atom is -0.508 e. The summed E-state index contributed by atoms with van der Waals surface area (Å²) in [5.74, 6) is 3.00. The smallest absolute Gasteiger partial charge is 0.131 e. The van der Waals surface area contributed by atoms with Crippen molar-refractivity contribution in [1.29, 1.82) is 0 Å². The van der Waals surface area contributed by atoms with Crippen LogP contribution in [0, 0.1) is 5.92 Å². The first-order valence-electron chi connectivity index (χ1n) is 12.8. The molecule has 2 heterocycles. The summed E-state index contributed by atoms with van der Waals surface area (Å²) in [4.78, 5) is 2.46. The third kappa shape index (κ3) is 6.09. The zero-order valence-electron chi connectivity index (χ0n) is 21.0. The lowest BCUT2D eigenvalue weighted by Gasteiger charge is -2.34. The molecule has 2 N–H and O–H groups in total. The van der Waals surface area contributed by atoms with Crippen LogP contribution in [0.15, 0.2) is 66.7 Å². The average molecular weight is 476 g/mol. The van der Waals surface area contributed by atoms with Gasteiger partial charge in [0.25, 0.3) is 0 Å². The molecule has 5 rings (SSSR count). The van der Waals surface area contributed by atoms with Crippen molar-refractivity contribution < 1.29 is 19.7 Å². The number of nitrogens with zero attached hydrogens (tertiary/aromatic N) is 1. The number of rotatable bonds is 6. The molecule has 5 nitrogen and oxygen atoms in total. The Hall–Kier alpha value is -3.18. The molecule has 2 aliphatic rings. The molecular formula is C30H37NO4. The topological polar surface area (TPSA) is 62.2 Å². The van der Waals surface area contributed by atoms with Gasteiger partial charge in [0, 0.05) is 19.0 Å². The van der Waals surface area contributed by atoms with Crippen molar-refractivity contribution in [2.24, 2.45) is 5.92 Å². The Bertz CT molecular complexity index is 1080. The summed E-state index contributed by atoms with van der Waals surface area (Å²) in [7, 11) is 0. The first kappa shape index (κ1) is 24.9. The first-order chi connectivity index (χ1) is 17.0. The Balaban J connectivity index is 0.00000141. The van der Waals surface area contributed by atoms with Crippen molar-refractivity contribution >= 4 is 0 Å². The van der Waals surface area contributed by atoms with Crippen LogP contribution in [0.2, 0.25) is 0 Å². The van der Waals surface area contributed by atoms with Crippen molar-refractivity contribution in [1.82, 2.24) is 4.90 Å². The van der Waals surface area contributed by atoms with Gasteiger partial charge in [-0.3, -0.25) is 4.90 Å². The highest BCUT2D eigenvalue weighted by atomic mass is 16.5. The van der Waals surface area contributed by atoms with E-state index in [0.29, 0.717) is 6.61 Å². The van der Waals surface area contributed by atoms with Crippen molar-refractivity contribution in [2.45, 2.75) is 45.6 Å². The Labute approximate surface area is 208 Å². The third-order valence-corrected chi connectivity index (χ3v) is 6.82. The maximum Gasteiger partial charge on any atom is 0.131 e. The van der Waals surface area contributed by atoms with Crippen LogP contribution in [0.25, 0.3) is 0 Å². The van der Waals surface area contributed by atoms with Gasteiger partial charge in [-0.05, 0) is 84.5 Å². The van der Waals surface area contributed by atoms with Gasteiger partial charge in [-0.2, -0.15) is 0 Å². The summed E-state index contributed by atoms with van der Waals surface area (Å²) in [6.45, 7) is 10.3. The number of aromatic hydroxyl groups is 2. The number of hydrogen-bond donors (Lipinski definition) is 2. The Kier molecular flexibility index (Phi) is 8.19. The SMILES string of the molecule is CC.C[C@@H]1CCN(CCOc2ccc([C@H]3Oc4ccc(O)cc4C[C@H]3c3ccc(O)cc3)cc2)C1. The first-order valence-corrected chi connectivity index (χ1v) is 12.8. The van der Waals surface area contributed by atoms with E-state index in [0.717, 1.165) is 47.1 Å². The summed E-state index contributed by atoms with van der Waals surface area (Å²) in [6.07, 6.45) is 1.85. The number of fused-ring (bicyclic) bond motifs is 1. The van der Waals surface area contributed by atoms with E-state index in [-0.39, 0.29) is 23.5 Å². The molecule has 0 unspecified atom stereocenters. The molecule has 0 saturated carbocycles. The van der Waals surface area contributed by atoms with Crippen molar-refractivity contribution in [3.05, 3.63) is 83.4 Å². The zero-order valence-corrected chi connectivity index (χ0v) is 21.0. The Morgan fingerprint density at radius 1 is 0.914 bits per heavy atom. The maximum absolute atomic E-state index is 9.94. The second-order valence-electron chi connectivity index (χ2n) is 9.34. The quantitative estimate of drug-likeness (QED) is 0.438. The van der Waals surface area contributed by atoms with Crippen molar-refractivity contribution in [3.8, 4) is 23.0 Å². The molecule has 0 radical (unpaired) electrons. The van der Waals surface area contributed by atoms with Gasteiger partial charge in [0.05, 0.1) is 0 Å². The molecule has 3 aromatic rings. The minimum absolute atomic E-state index is 0.0591. The fourth-order valence-electron chi connectivity index (χ4n) is 4.99. The number of ether oxygens (including phenoxy) is 2. The van der Waals surface area contributed by atoms with Gasteiger partial charge in [0.15, 0.2) is 0 Å². The third-order valence-electron chi connectivity index (χ3n) is 6.82. The van der Waals surface area contributed by atoms with Gasteiger partial charge < -0.3 is 19.7 Å². The molecule has 5 heteroatoms. The maximum atomic E-state index is 9.94. The van der Waals surface area contributed by atoms with Crippen molar-refractivity contribution in [3.63, 3.8) is 0 Å². The van der Waals surface area contributed by atoms with Gasteiger partial charge in [-0.15, -0.1) is 0 Å². The Morgan fingerprint density at radius 3 is 2.29 bits per heavy atom. The van der Waals surface area contributed by atoms with E-state index in [1.54, 1.807) is 24.3 Å². The van der Waals surface area contributed by atoms with E-state index >= 15 is 0 Å². The summed E-state index contributed by atoms with van der Waals surface area (Å²) in [6, 6.07) is 20.8. The molecular weight excluding hydrogens is 438 g/mol. The van der Waals surface area contributed by atoms with E-state index < -0.39 is 0 Å². The number of benzene rings is 3. The standard InChI is InChI=1S/C28H31NO4.C2H6/c1-19-12-13-29(18-19)14-15-32-25-9-4-21(5-10-25)28-26(20-2-6-23(30)7-3-20)17-22-16-24(31)8-11-27(22)33-28;1-2/h2-11,16,19,26,28,30-31H,12-15,17-18H2,1H3;1-2H3/t19-,26+,28-;/m1./s1. The summed E-state index contributed by atoms with van der Waals surface area (Å²) in [5.41, 5.74) is 3.15. The molecule has 1 fully saturated rings. The van der Waals surface area contributed by atoms with Gasteiger partial charge in [0.1, 0.15) is 35.7 Å². The van der Waals surface area contributed by atoms with Gasteiger partial charge in [0.2, 0.25) is 0 Å². The second kappa shape index (κ2) is 11.5. The van der Waals surface area contributed by atoms with E-state index in [1.165, 1.54) is 19.5 Å². The Morgan fingerprint density at radius 2 is 1.60 bits per heavy atom. The molecule has 0 spiro atoms.